The molecule has 1 unspecified atom stereocenters. The summed E-state index contributed by atoms with van der Waals surface area (Å²) in [4.78, 5) is 14.7. The first-order valence-corrected chi connectivity index (χ1v) is 14.0. The number of hydrogen-bond donors (Lipinski definition) is 3. The number of rotatable bonds is 4. The van der Waals surface area contributed by atoms with E-state index in [9.17, 15) is 19.6 Å². The molecule has 1 saturated heterocycles. The van der Waals surface area contributed by atoms with Gasteiger partial charge >= 0.3 is 13.5 Å². The summed E-state index contributed by atoms with van der Waals surface area (Å²) in [6, 6.07) is 1.56. The Morgan fingerprint density at radius 3 is 2.49 bits per heavy atom. The summed E-state index contributed by atoms with van der Waals surface area (Å²) in [6.45, 7) is 7.90. The molecule has 5 atom stereocenters. The molecule has 1 aromatic heterocycles. The fraction of sp³-hybridized carbons (Fsp3) is 0.600. The van der Waals surface area contributed by atoms with E-state index in [0.717, 1.165) is 6.20 Å². The highest BCUT2D eigenvalue weighted by molar-refractivity contribution is 7.71. The van der Waals surface area contributed by atoms with Crippen LogP contribution in [0.5, 0.6) is 5.75 Å². The summed E-state index contributed by atoms with van der Waals surface area (Å²) in [5.41, 5.74) is -1.20. The number of aliphatic hydroxyl groups is 2. The Labute approximate surface area is 232 Å². The summed E-state index contributed by atoms with van der Waals surface area (Å²) < 4.78 is 83.2. The van der Waals surface area contributed by atoms with Crippen molar-refractivity contribution >= 4 is 20.0 Å². The van der Waals surface area contributed by atoms with Crippen LogP contribution in [0, 0.1) is 17.4 Å². The van der Waals surface area contributed by atoms with Gasteiger partial charge in [0.2, 0.25) is 0 Å². The van der Waals surface area contributed by atoms with E-state index in [2.05, 4.69) is 4.98 Å². The third-order valence-corrected chi connectivity index (χ3v) is 8.09. The van der Waals surface area contributed by atoms with E-state index in [1.807, 2.05) is 20.8 Å². The Hall–Kier alpha value is -1.99. The maximum Gasteiger partial charge on any atom is 0.530 e. The van der Waals surface area contributed by atoms with Crippen molar-refractivity contribution in [3.05, 3.63) is 55.5 Å². The van der Waals surface area contributed by atoms with E-state index in [-0.39, 0.29) is 16.0 Å². The van der Waals surface area contributed by atoms with Gasteiger partial charge in [-0.25, -0.2) is 18.1 Å². The van der Waals surface area contributed by atoms with Crippen LogP contribution in [0.3, 0.4) is 0 Å². The predicted octanol–water partition coefficient (Wildman–Crippen LogP) is 4.60. The average Bonchev–Trinajstić information content (AvgIpc) is 3.04. The molecule has 0 radical (unpaired) electrons. The zero-order valence-electron chi connectivity index (χ0n) is 24.5. The lowest BCUT2D eigenvalue weighted by atomic mass is 9.78. The van der Waals surface area contributed by atoms with Gasteiger partial charge in [-0.15, -0.1) is 0 Å². The zero-order chi connectivity index (χ0) is 31.1. The number of phosphoric ester groups is 1. The number of nitrogens with one attached hydrogen (secondary N) is 1. The van der Waals surface area contributed by atoms with Crippen LogP contribution in [-0.2, 0) is 35.8 Å². The first-order valence-electron chi connectivity index (χ1n) is 13.1. The number of aliphatic hydroxyl groups excluding tert-OH is 2. The summed E-state index contributed by atoms with van der Waals surface area (Å²) in [6.07, 6.45) is -5.60. The molecule has 2 aliphatic rings. The fourth-order valence-corrected chi connectivity index (χ4v) is 5.49. The Bertz CT molecular complexity index is 1550. The second-order valence-electron chi connectivity index (χ2n) is 11.7. The molecule has 2 aromatic rings. The molecule has 0 bridgehead atoms. The minimum absolute atomic E-state index is 0.0649. The van der Waals surface area contributed by atoms with Crippen molar-refractivity contribution in [1.29, 1.82) is 0 Å². The van der Waals surface area contributed by atoms with Crippen LogP contribution in [0.2, 0.25) is 0 Å². The van der Waals surface area contributed by atoms with Crippen molar-refractivity contribution < 1.29 is 44.6 Å². The first-order chi connectivity index (χ1) is 18.5. The summed E-state index contributed by atoms with van der Waals surface area (Å²) in [5.74, 6) is -4.75. The lowest BCUT2D eigenvalue weighted by Crippen LogP contribution is -2.43. The predicted molar refractivity (Wildman–Crippen MR) is 139 cm³/mol. The van der Waals surface area contributed by atoms with Gasteiger partial charge in [-0.3, -0.25) is 18.6 Å². The molecule has 4 rings (SSSR count). The zero-order valence-corrected chi connectivity index (χ0v) is 24.2. The molecule has 0 amide bonds. The number of aromatic amines is 1. The van der Waals surface area contributed by atoms with Gasteiger partial charge in [0.1, 0.15) is 35.0 Å². The van der Waals surface area contributed by atoms with Crippen LogP contribution in [-0.4, -0.2) is 44.4 Å². The second kappa shape index (κ2) is 9.83. The van der Waals surface area contributed by atoms with Gasteiger partial charge < -0.3 is 19.5 Å². The lowest BCUT2D eigenvalue weighted by molar-refractivity contribution is -0.205. The van der Waals surface area contributed by atoms with E-state index in [1.165, 1.54) is 6.92 Å². The van der Waals surface area contributed by atoms with Gasteiger partial charge in [-0.2, -0.15) is 0 Å². The molecule has 0 aliphatic carbocycles. The molecular formula is C25H33F2N2O8PS. The Morgan fingerprint density at radius 2 is 1.90 bits per heavy atom. The van der Waals surface area contributed by atoms with Gasteiger partial charge in [-0.05, 0) is 29.4 Å². The van der Waals surface area contributed by atoms with Crippen molar-refractivity contribution in [2.75, 3.05) is 6.56 Å². The molecular weight excluding hydrogens is 557 g/mol. The van der Waals surface area contributed by atoms with Crippen molar-refractivity contribution in [1.82, 2.24) is 9.55 Å². The maximum atomic E-state index is 16.1. The number of aryl methyl sites for hydroxylation is 1. The van der Waals surface area contributed by atoms with Crippen molar-refractivity contribution in [3.8, 4) is 5.75 Å². The number of hydrogen-bond acceptors (Lipinski definition) is 9. The van der Waals surface area contributed by atoms with Gasteiger partial charge in [0.25, 0.3) is 5.85 Å². The minimum Gasteiger partial charge on any atom is -0.403 e. The molecule has 3 heterocycles. The number of fused-ring (bicyclic) bond motifs is 1. The van der Waals surface area contributed by atoms with Crippen molar-refractivity contribution in [2.45, 2.75) is 90.2 Å². The molecule has 1 aromatic carbocycles. The second-order valence-corrected chi connectivity index (χ2v) is 13.6. The monoisotopic (exact) mass is 592 g/mol. The molecule has 10 nitrogen and oxygen atoms in total. The molecule has 2 aliphatic heterocycles. The number of phosphoric acid groups is 1. The number of benzene rings is 1. The van der Waals surface area contributed by atoms with Gasteiger partial charge in [0, 0.05) is 17.3 Å². The van der Waals surface area contributed by atoms with Gasteiger partial charge in [-0.1, -0.05) is 53.8 Å². The fourth-order valence-electron chi connectivity index (χ4n) is 4.25. The maximum absolute atomic E-state index is 16.1. The first kappa shape index (κ1) is 27.2. The lowest BCUT2D eigenvalue weighted by Gasteiger charge is -2.34. The molecule has 3 N–H and O–H groups in total. The summed E-state index contributed by atoms with van der Waals surface area (Å²) >= 11 is 4.97. The number of alkyl halides is 1. The highest BCUT2D eigenvalue weighted by atomic mass is 32.1. The summed E-state index contributed by atoms with van der Waals surface area (Å²) in [5, 5.41) is 21.1. The standard InChI is InChI=1S/C25H33F2N2O8PS/c1-12-9-29(22(32)28-20(12)39)21-17(30)19(31)25(27,36-21)11-35-38(33)34-10-13-16(26)14(23(2,3)4)8-15(18(13)37-38)24(5,6)7/h8-9,17,19,21,30-31H,10-11H2,1-7H3,(H,28,32,39)/t17-,19+,21-,25-,38?/m1/s1/i11D2. The number of ether oxygens (including phenoxy) is 1. The number of halogens is 2. The molecule has 39 heavy (non-hydrogen) atoms. The average molecular weight is 593 g/mol. The normalized spacial score (nSPS) is 30.4. The number of aromatic nitrogens is 2. The number of nitrogens with zero attached hydrogens (tertiary/aromatic N) is 1. The Morgan fingerprint density at radius 1 is 1.28 bits per heavy atom. The van der Waals surface area contributed by atoms with E-state index in [0.29, 0.717) is 21.3 Å². The van der Waals surface area contributed by atoms with E-state index in [1.54, 1.807) is 26.8 Å². The van der Waals surface area contributed by atoms with Crippen molar-refractivity contribution in [2.24, 2.45) is 0 Å². The highest BCUT2D eigenvalue weighted by Crippen LogP contribution is 2.58. The largest absolute Gasteiger partial charge is 0.530 e. The minimum atomic E-state index is -5.04. The third kappa shape index (κ3) is 5.50. The van der Waals surface area contributed by atoms with Crippen molar-refractivity contribution in [3.63, 3.8) is 0 Å². The number of H-pyrrole nitrogens is 1. The SMILES string of the molecule is [2H]C([2H])(OP1(=O)OCc2c(F)c(C(C)(C)C)cc(C(C)(C)C)c2O1)[C@@]1(F)O[C@@H](n2cc(C)c(=S)[nH]c2=O)[C@H](O)[C@@H]1O. The van der Waals surface area contributed by atoms with Gasteiger partial charge in [0.15, 0.2) is 6.23 Å². The Balaban J connectivity index is 1.71. The Kier molecular flexibility index (Phi) is 6.85. The molecule has 1 fully saturated rings. The highest BCUT2D eigenvalue weighted by Gasteiger charge is 2.58. The topological polar surface area (TPSA) is 132 Å². The van der Waals surface area contributed by atoms with Crippen LogP contribution in [0.4, 0.5) is 8.78 Å². The van der Waals surface area contributed by atoms with Crippen LogP contribution >= 0.6 is 20.0 Å². The van der Waals surface area contributed by atoms with Crippen LogP contribution in [0.25, 0.3) is 0 Å². The van der Waals surface area contributed by atoms with E-state index in [4.69, 9.17) is 33.3 Å². The summed E-state index contributed by atoms with van der Waals surface area (Å²) in [7, 11) is -5.04. The van der Waals surface area contributed by atoms with E-state index >= 15 is 8.78 Å². The van der Waals surface area contributed by atoms with Gasteiger partial charge in [0.05, 0.1) is 14.9 Å². The quantitative estimate of drug-likeness (QED) is 0.344. The smallest absolute Gasteiger partial charge is 0.403 e. The van der Waals surface area contributed by atoms with E-state index < -0.39 is 67.6 Å². The molecule has 0 spiro atoms. The molecule has 14 heteroatoms. The molecule has 216 valence electrons. The van der Waals surface area contributed by atoms with Crippen LogP contribution in [0.15, 0.2) is 17.1 Å². The third-order valence-electron chi connectivity index (χ3n) is 6.50. The molecule has 0 saturated carbocycles. The van der Waals surface area contributed by atoms with Crippen LogP contribution in [0.1, 0.15) is 72.8 Å². The van der Waals surface area contributed by atoms with Crippen LogP contribution < -0.4 is 10.2 Å².